The summed E-state index contributed by atoms with van der Waals surface area (Å²) in [6.45, 7) is 5.44. The molecule has 0 fully saturated rings. The maximum absolute atomic E-state index is 12.2. The number of benzene rings is 1. The molecular formula is C16H19NO2. The van der Waals surface area contributed by atoms with Gasteiger partial charge in [0.25, 0.3) is 0 Å². The third-order valence-electron chi connectivity index (χ3n) is 3.75. The minimum Gasteiger partial charge on any atom is -0.309 e. The Hall–Kier alpha value is -1.90. The monoisotopic (exact) mass is 257 g/mol. The standard InChI is InChI=1S/C16H19NO2/c1-11(14-7-5-4-6-8-14)17-12(2)15(13(3)18)9-10-16(17)19/h4-8,11H,9-10H2,1-3H3/t11-/m1/s1. The van der Waals surface area contributed by atoms with Gasteiger partial charge in [-0.2, -0.15) is 0 Å². The number of Topliss-reactive ketones (excluding diaryl/α,β-unsaturated/α-hetero) is 1. The number of carbonyl (C=O) groups excluding carboxylic acids is 2. The van der Waals surface area contributed by atoms with E-state index >= 15 is 0 Å². The van der Waals surface area contributed by atoms with Gasteiger partial charge < -0.3 is 4.90 Å². The molecule has 19 heavy (non-hydrogen) atoms. The summed E-state index contributed by atoms with van der Waals surface area (Å²) in [4.78, 5) is 25.6. The summed E-state index contributed by atoms with van der Waals surface area (Å²) in [5.41, 5.74) is 2.67. The lowest BCUT2D eigenvalue weighted by molar-refractivity contribution is -0.132. The van der Waals surface area contributed by atoms with Crippen LogP contribution < -0.4 is 0 Å². The molecule has 0 aromatic heterocycles. The Labute approximate surface area is 113 Å². The van der Waals surface area contributed by atoms with Gasteiger partial charge in [-0.15, -0.1) is 0 Å². The smallest absolute Gasteiger partial charge is 0.227 e. The number of rotatable bonds is 3. The summed E-state index contributed by atoms with van der Waals surface area (Å²) in [6, 6.07) is 9.86. The average Bonchev–Trinajstić information content (AvgIpc) is 2.39. The molecule has 0 aliphatic carbocycles. The van der Waals surface area contributed by atoms with Crippen molar-refractivity contribution in [1.29, 1.82) is 0 Å². The highest BCUT2D eigenvalue weighted by Crippen LogP contribution is 2.31. The van der Waals surface area contributed by atoms with E-state index in [1.165, 1.54) is 0 Å². The van der Waals surface area contributed by atoms with Gasteiger partial charge in [0.2, 0.25) is 5.91 Å². The van der Waals surface area contributed by atoms with Gasteiger partial charge in [-0.1, -0.05) is 30.3 Å². The van der Waals surface area contributed by atoms with Gasteiger partial charge in [0.1, 0.15) is 0 Å². The van der Waals surface area contributed by atoms with E-state index in [-0.39, 0.29) is 17.7 Å². The van der Waals surface area contributed by atoms with Crippen molar-refractivity contribution in [3.8, 4) is 0 Å². The Bertz CT molecular complexity index is 531. The topological polar surface area (TPSA) is 37.4 Å². The molecule has 0 unspecified atom stereocenters. The summed E-state index contributed by atoms with van der Waals surface area (Å²) in [5.74, 6) is 0.161. The van der Waals surface area contributed by atoms with Crippen LogP contribution in [-0.2, 0) is 9.59 Å². The second-order valence-corrected chi connectivity index (χ2v) is 4.97. The lowest BCUT2D eigenvalue weighted by atomic mass is 9.96. The number of hydrogen-bond acceptors (Lipinski definition) is 2. The molecule has 0 saturated heterocycles. The van der Waals surface area contributed by atoms with E-state index in [2.05, 4.69) is 0 Å². The van der Waals surface area contributed by atoms with Crippen molar-refractivity contribution in [3.63, 3.8) is 0 Å². The molecular weight excluding hydrogens is 238 g/mol. The Kier molecular flexibility index (Phi) is 3.84. The largest absolute Gasteiger partial charge is 0.309 e. The zero-order valence-corrected chi connectivity index (χ0v) is 11.6. The molecule has 1 amide bonds. The SMILES string of the molecule is CC(=O)C1=C(C)N([C@H](C)c2ccccc2)C(=O)CC1. The van der Waals surface area contributed by atoms with Gasteiger partial charge in [-0.25, -0.2) is 0 Å². The maximum Gasteiger partial charge on any atom is 0.227 e. The highest BCUT2D eigenvalue weighted by Gasteiger charge is 2.29. The summed E-state index contributed by atoms with van der Waals surface area (Å²) >= 11 is 0. The first-order valence-electron chi connectivity index (χ1n) is 6.60. The van der Waals surface area contributed by atoms with Crippen molar-refractivity contribution >= 4 is 11.7 Å². The fraction of sp³-hybridized carbons (Fsp3) is 0.375. The van der Waals surface area contributed by atoms with E-state index < -0.39 is 0 Å². The van der Waals surface area contributed by atoms with E-state index in [9.17, 15) is 9.59 Å². The summed E-state index contributed by atoms with van der Waals surface area (Å²) in [5, 5.41) is 0. The van der Waals surface area contributed by atoms with Crippen molar-refractivity contribution in [3.05, 3.63) is 47.2 Å². The number of ketones is 1. The number of carbonyl (C=O) groups is 2. The first kappa shape index (κ1) is 13.5. The minimum absolute atomic E-state index is 0.0386. The lowest BCUT2D eigenvalue weighted by Crippen LogP contribution is -2.36. The Morgan fingerprint density at radius 2 is 1.84 bits per heavy atom. The van der Waals surface area contributed by atoms with Crippen LogP contribution in [0.5, 0.6) is 0 Å². The predicted octanol–water partition coefficient (Wildman–Crippen LogP) is 3.23. The van der Waals surface area contributed by atoms with Crippen LogP contribution in [0, 0.1) is 0 Å². The van der Waals surface area contributed by atoms with Crippen LogP contribution in [0.15, 0.2) is 41.6 Å². The zero-order valence-electron chi connectivity index (χ0n) is 11.6. The van der Waals surface area contributed by atoms with Crippen molar-refractivity contribution in [2.75, 3.05) is 0 Å². The maximum atomic E-state index is 12.2. The quantitative estimate of drug-likeness (QED) is 0.833. The van der Waals surface area contributed by atoms with E-state index in [1.54, 1.807) is 11.8 Å². The Balaban J connectivity index is 2.39. The van der Waals surface area contributed by atoms with Gasteiger partial charge in [-0.3, -0.25) is 9.59 Å². The molecule has 1 aliphatic heterocycles. The number of allylic oxidation sites excluding steroid dienone is 2. The van der Waals surface area contributed by atoms with Crippen molar-refractivity contribution in [2.45, 2.75) is 39.7 Å². The van der Waals surface area contributed by atoms with Gasteiger partial charge in [0.15, 0.2) is 5.78 Å². The summed E-state index contributed by atoms with van der Waals surface area (Å²) in [7, 11) is 0. The van der Waals surface area contributed by atoms with E-state index in [1.807, 2.05) is 44.2 Å². The second kappa shape index (κ2) is 5.39. The van der Waals surface area contributed by atoms with Crippen LogP contribution in [0.1, 0.15) is 45.2 Å². The first-order chi connectivity index (χ1) is 9.02. The molecule has 1 aromatic rings. The van der Waals surface area contributed by atoms with Gasteiger partial charge in [0, 0.05) is 17.7 Å². The number of nitrogens with zero attached hydrogens (tertiary/aromatic N) is 1. The molecule has 0 saturated carbocycles. The Morgan fingerprint density at radius 3 is 2.42 bits per heavy atom. The summed E-state index contributed by atoms with van der Waals surface area (Å²) < 4.78 is 0. The van der Waals surface area contributed by atoms with Crippen LogP contribution >= 0.6 is 0 Å². The molecule has 2 rings (SSSR count). The third-order valence-corrected chi connectivity index (χ3v) is 3.75. The fourth-order valence-electron chi connectivity index (χ4n) is 2.68. The zero-order chi connectivity index (χ0) is 14.0. The van der Waals surface area contributed by atoms with Gasteiger partial charge >= 0.3 is 0 Å². The lowest BCUT2D eigenvalue weighted by Gasteiger charge is -2.34. The van der Waals surface area contributed by atoms with Crippen LogP contribution in [0.2, 0.25) is 0 Å². The molecule has 0 radical (unpaired) electrons. The molecule has 100 valence electrons. The predicted molar refractivity (Wildman–Crippen MR) is 74.3 cm³/mol. The number of amides is 1. The molecule has 1 atom stereocenters. The van der Waals surface area contributed by atoms with Crippen molar-refractivity contribution in [1.82, 2.24) is 4.90 Å². The van der Waals surface area contributed by atoms with Crippen LogP contribution in [-0.4, -0.2) is 16.6 Å². The molecule has 0 spiro atoms. The molecule has 0 N–H and O–H groups in total. The molecule has 1 aliphatic rings. The molecule has 0 bridgehead atoms. The highest BCUT2D eigenvalue weighted by molar-refractivity contribution is 5.97. The van der Waals surface area contributed by atoms with Gasteiger partial charge in [-0.05, 0) is 32.8 Å². The van der Waals surface area contributed by atoms with Crippen LogP contribution in [0.25, 0.3) is 0 Å². The Morgan fingerprint density at radius 1 is 1.21 bits per heavy atom. The van der Waals surface area contributed by atoms with Crippen molar-refractivity contribution in [2.24, 2.45) is 0 Å². The summed E-state index contributed by atoms with van der Waals surface area (Å²) in [6.07, 6.45) is 0.988. The minimum atomic E-state index is -0.0386. The normalized spacial score (nSPS) is 17.6. The van der Waals surface area contributed by atoms with Crippen LogP contribution in [0.3, 0.4) is 0 Å². The number of hydrogen-bond donors (Lipinski definition) is 0. The van der Waals surface area contributed by atoms with Crippen LogP contribution in [0.4, 0.5) is 0 Å². The molecule has 1 aromatic carbocycles. The van der Waals surface area contributed by atoms with E-state index in [0.29, 0.717) is 12.8 Å². The third kappa shape index (κ3) is 2.60. The van der Waals surface area contributed by atoms with Gasteiger partial charge in [0.05, 0.1) is 6.04 Å². The van der Waals surface area contributed by atoms with Crippen molar-refractivity contribution < 1.29 is 9.59 Å². The molecule has 3 nitrogen and oxygen atoms in total. The van der Waals surface area contributed by atoms with E-state index in [0.717, 1.165) is 16.8 Å². The fourth-order valence-corrected chi connectivity index (χ4v) is 2.68. The molecule has 3 heteroatoms. The van der Waals surface area contributed by atoms with E-state index in [4.69, 9.17) is 0 Å². The average molecular weight is 257 g/mol. The molecule has 1 heterocycles. The first-order valence-corrected chi connectivity index (χ1v) is 6.60. The second-order valence-electron chi connectivity index (χ2n) is 4.97. The highest BCUT2D eigenvalue weighted by atomic mass is 16.2.